The minimum atomic E-state index is -2.28. The number of rotatable bonds is 23. The first-order chi connectivity index (χ1) is 25.0. The number of ketones is 1. The molecule has 13 heteroatoms. The van der Waals surface area contributed by atoms with Crippen LogP contribution in [0.15, 0.2) is 60.7 Å². The van der Waals surface area contributed by atoms with E-state index in [0.717, 1.165) is 11.1 Å². The molecular formula is C40H61N5O7Si. The SMILES string of the molecule is CC(C)CC(NC(=O)[C@H](CCc1ccccc1)NC(=O)CNCC[Si](C)(C)O)C(=O)N[C@@H](Cc1ccccc1)C(=O)N[C@@H](CC(C)C)C(=O)[C@@]1(C)CO1. The first-order valence-corrected chi connectivity index (χ1v) is 22.0. The van der Waals surface area contributed by atoms with Crippen molar-refractivity contribution in [3.63, 3.8) is 0 Å². The smallest absolute Gasteiger partial charge is 0.243 e. The molecule has 53 heavy (non-hydrogen) atoms. The van der Waals surface area contributed by atoms with Crippen LogP contribution in [0.1, 0.15) is 65.0 Å². The van der Waals surface area contributed by atoms with Gasteiger partial charge in [-0.3, -0.25) is 24.0 Å². The molecule has 2 aromatic carbocycles. The summed E-state index contributed by atoms with van der Waals surface area (Å²) in [5.41, 5.74) is 0.873. The Morgan fingerprint density at radius 1 is 0.736 bits per heavy atom. The molecule has 1 heterocycles. The summed E-state index contributed by atoms with van der Waals surface area (Å²) >= 11 is 0. The highest BCUT2D eigenvalue weighted by Gasteiger charge is 2.50. The second kappa shape index (κ2) is 20.5. The van der Waals surface area contributed by atoms with Crippen LogP contribution in [0.25, 0.3) is 0 Å². The lowest BCUT2D eigenvalue weighted by molar-refractivity contribution is -0.135. The lowest BCUT2D eigenvalue weighted by Gasteiger charge is -2.28. The van der Waals surface area contributed by atoms with Crippen LogP contribution < -0.4 is 26.6 Å². The zero-order chi connectivity index (χ0) is 39.2. The molecule has 0 spiro atoms. The Morgan fingerprint density at radius 2 is 1.23 bits per heavy atom. The van der Waals surface area contributed by atoms with Gasteiger partial charge in [-0.2, -0.15) is 0 Å². The van der Waals surface area contributed by atoms with Crippen molar-refractivity contribution in [3.8, 4) is 0 Å². The van der Waals surface area contributed by atoms with Crippen LogP contribution in [0.5, 0.6) is 0 Å². The standard InChI is InChI=1S/C40H61N5O7Si/c1-27(2)22-32(36(47)40(5)26-52-40)43-39(50)34(24-30-16-12-9-13-17-30)45-38(49)33(23-28(3)4)44-37(48)31(19-18-29-14-10-8-11-15-29)42-35(46)25-41-20-21-53(6,7)51/h8-17,27-28,31-34,41,51H,18-26H2,1-7H3,(H,42,46)(H,43,50)(H,44,48)(H,45,49)/t31-,32-,33?,34-,40+/m0/s1. The van der Waals surface area contributed by atoms with Crippen molar-refractivity contribution in [2.45, 2.75) is 116 Å². The van der Waals surface area contributed by atoms with Gasteiger partial charge in [-0.15, -0.1) is 0 Å². The van der Waals surface area contributed by atoms with Crippen molar-refractivity contribution in [1.29, 1.82) is 0 Å². The van der Waals surface area contributed by atoms with Crippen LogP contribution in [-0.4, -0.2) is 92.0 Å². The Hall–Kier alpha value is -3.91. The van der Waals surface area contributed by atoms with Gasteiger partial charge in [0.15, 0.2) is 14.1 Å². The third kappa shape index (κ3) is 15.9. The molecule has 1 unspecified atom stereocenters. The van der Waals surface area contributed by atoms with Crippen LogP contribution in [-0.2, 0) is 41.6 Å². The van der Waals surface area contributed by atoms with Crippen LogP contribution in [0.4, 0.5) is 0 Å². The molecule has 1 aliphatic heterocycles. The van der Waals surface area contributed by atoms with Crippen LogP contribution in [0, 0.1) is 11.8 Å². The summed E-state index contributed by atoms with van der Waals surface area (Å²) in [7, 11) is -2.28. The van der Waals surface area contributed by atoms with Crippen molar-refractivity contribution in [1.82, 2.24) is 26.6 Å². The number of amides is 4. The zero-order valence-corrected chi connectivity index (χ0v) is 33.5. The van der Waals surface area contributed by atoms with Crippen molar-refractivity contribution < 1.29 is 33.5 Å². The highest BCUT2D eigenvalue weighted by atomic mass is 28.4. The number of aryl methyl sites for hydroxylation is 1. The van der Waals surface area contributed by atoms with Gasteiger partial charge in [-0.1, -0.05) is 88.4 Å². The van der Waals surface area contributed by atoms with Gasteiger partial charge in [0.1, 0.15) is 23.7 Å². The summed E-state index contributed by atoms with van der Waals surface area (Å²) < 4.78 is 5.40. The molecule has 0 radical (unpaired) electrons. The molecule has 2 aromatic rings. The van der Waals surface area contributed by atoms with E-state index in [4.69, 9.17) is 4.74 Å². The maximum absolute atomic E-state index is 14.1. The van der Waals surface area contributed by atoms with Crippen molar-refractivity contribution in [2.24, 2.45) is 11.8 Å². The van der Waals surface area contributed by atoms with E-state index in [0.29, 0.717) is 38.5 Å². The summed E-state index contributed by atoms with van der Waals surface area (Å²) in [5.74, 6) is -2.03. The summed E-state index contributed by atoms with van der Waals surface area (Å²) in [6.07, 6.45) is 1.66. The second-order valence-corrected chi connectivity index (χ2v) is 20.0. The van der Waals surface area contributed by atoms with Gasteiger partial charge in [0.2, 0.25) is 23.6 Å². The molecule has 0 aliphatic carbocycles. The van der Waals surface area contributed by atoms with E-state index in [1.54, 1.807) is 6.92 Å². The fraction of sp³-hybridized carbons (Fsp3) is 0.575. The Balaban J connectivity index is 1.80. The van der Waals surface area contributed by atoms with Gasteiger partial charge >= 0.3 is 0 Å². The molecule has 0 bridgehead atoms. The molecular weight excluding hydrogens is 691 g/mol. The molecule has 12 nitrogen and oxygen atoms in total. The first-order valence-electron chi connectivity index (χ1n) is 18.9. The fourth-order valence-corrected chi connectivity index (χ4v) is 6.76. The predicted molar refractivity (Wildman–Crippen MR) is 208 cm³/mol. The third-order valence-electron chi connectivity index (χ3n) is 9.11. The summed E-state index contributed by atoms with van der Waals surface area (Å²) in [6.45, 7) is 13.9. The normalized spacial score (nSPS) is 17.7. The number of benzene rings is 2. The van der Waals surface area contributed by atoms with E-state index >= 15 is 0 Å². The lowest BCUT2D eigenvalue weighted by Crippen LogP contribution is -2.59. The van der Waals surface area contributed by atoms with Gasteiger partial charge in [0.05, 0.1) is 19.2 Å². The number of nitrogens with one attached hydrogen (secondary N) is 5. The molecule has 6 N–H and O–H groups in total. The second-order valence-electron chi connectivity index (χ2n) is 15.9. The Bertz CT molecular complexity index is 1500. The van der Waals surface area contributed by atoms with Crippen molar-refractivity contribution in [2.75, 3.05) is 19.7 Å². The molecule has 1 saturated heterocycles. The van der Waals surface area contributed by atoms with Crippen LogP contribution in [0.2, 0.25) is 19.1 Å². The van der Waals surface area contributed by atoms with Crippen molar-refractivity contribution >= 4 is 37.7 Å². The average Bonchev–Trinajstić information content (AvgIpc) is 3.85. The Morgan fingerprint density at radius 3 is 1.77 bits per heavy atom. The maximum atomic E-state index is 14.1. The molecule has 0 saturated carbocycles. The molecule has 5 atom stereocenters. The quantitative estimate of drug-likeness (QED) is 0.0570. The minimum Gasteiger partial charge on any atom is -0.432 e. The highest BCUT2D eigenvalue weighted by Crippen LogP contribution is 2.29. The third-order valence-corrected chi connectivity index (χ3v) is 10.6. The number of epoxide rings is 1. The Kier molecular flexibility index (Phi) is 16.8. The molecule has 0 aromatic heterocycles. The number of carbonyl (C=O) groups is 5. The summed E-state index contributed by atoms with van der Waals surface area (Å²) in [5, 5.41) is 14.6. The van der Waals surface area contributed by atoms with Gasteiger partial charge in [0.25, 0.3) is 0 Å². The van der Waals surface area contributed by atoms with E-state index in [2.05, 4.69) is 26.6 Å². The highest BCUT2D eigenvalue weighted by molar-refractivity contribution is 6.69. The summed E-state index contributed by atoms with van der Waals surface area (Å²) in [4.78, 5) is 78.4. The van der Waals surface area contributed by atoms with E-state index in [-0.39, 0.29) is 42.9 Å². The van der Waals surface area contributed by atoms with E-state index in [1.165, 1.54) is 0 Å². The largest absolute Gasteiger partial charge is 0.432 e. The minimum absolute atomic E-state index is 0.000616. The van der Waals surface area contributed by atoms with Crippen LogP contribution in [0.3, 0.4) is 0 Å². The molecule has 1 fully saturated rings. The summed E-state index contributed by atoms with van der Waals surface area (Å²) in [6, 6.07) is 15.7. The lowest BCUT2D eigenvalue weighted by atomic mass is 9.93. The first kappa shape index (κ1) is 43.5. The van der Waals surface area contributed by atoms with E-state index in [1.807, 2.05) is 101 Å². The van der Waals surface area contributed by atoms with Gasteiger partial charge in [-0.05, 0) is 81.3 Å². The number of Topliss-reactive ketones (excluding diaryl/α,β-unsaturated/α-hetero) is 1. The van der Waals surface area contributed by atoms with E-state index < -0.39 is 55.8 Å². The number of carbonyl (C=O) groups excluding carboxylic acids is 5. The number of hydrogen-bond donors (Lipinski definition) is 6. The molecule has 4 amide bonds. The monoisotopic (exact) mass is 751 g/mol. The van der Waals surface area contributed by atoms with Gasteiger partial charge < -0.3 is 36.1 Å². The van der Waals surface area contributed by atoms with Gasteiger partial charge in [0, 0.05) is 6.42 Å². The average molecular weight is 752 g/mol. The van der Waals surface area contributed by atoms with Crippen molar-refractivity contribution in [3.05, 3.63) is 71.8 Å². The maximum Gasteiger partial charge on any atom is 0.243 e. The molecule has 1 aliphatic rings. The fourth-order valence-electron chi connectivity index (χ4n) is 5.97. The Labute approximate surface area is 316 Å². The van der Waals surface area contributed by atoms with Crippen LogP contribution >= 0.6 is 0 Å². The molecule has 292 valence electrons. The van der Waals surface area contributed by atoms with E-state index in [9.17, 15) is 28.8 Å². The zero-order valence-electron chi connectivity index (χ0n) is 32.5. The topological polar surface area (TPSA) is 178 Å². The number of hydrogen-bond acceptors (Lipinski definition) is 8. The predicted octanol–water partition coefficient (Wildman–Crippen LogP) is 3.04. The molecule has 3 rings (SSSR count). The number of ether oxygens (including phenoxy) is 1. The van der Waals surface area contributed by atoms with Gasteiger partial charge in [-0.25, -0.2) is 0 Å².